The van der Waals surface area contributed by atoms with Crippen molar-refractivity contribution in [2.45, 2.75) is 6.54 Å². The van der Waals surface area contributed by atoms with Gasteiger partial charge in [-0.15, -0.1) is 0 Å². The molecule has 0 atom stereocenters. The number of fused-ring (bicyclic) bond motifs is 1. The third-order valence-corrected chi connectivity index (χ3v) is 4.81. The molecule has 0 radical (unpaired) electrons. The van der Waals surface area contributed by atoms with Crippen LogP contribution in [0.15, 0.2) is 69.3 Å². The van der Waals surface area contributed by atoms with Crippen molar-refractivity contribution in [2.24, 2.45) is 19.2 Å². The van der Waals surface area contributed by atoms with Gasteiger partial charge in [0.05, 0.1) is 12.8 Å². The SMILES string of the molecule is Cn1c(N/N=C/c2ccc(O)cc2)nc2c1c(=O)n(Cc1ccccc1)c(=O)n2C. The maximum Gasteiger partial charge on any atom is 0.332 e. The lowest BCUT2D eigenvalue weighted by Gasteiger charge is -2.08. The summed E-state index contributed by atoms with van der Waals surface area (Å²) in [4.78, 5) is 30.2. The second kappa shape index (κ2) is 7.70. The van der Waals surface area contributed by atoms with E-state index >= 15 is 0 Å². The Morgan fingerprint density at radius 1 is 1.03 bits per heavy atom. The van der Waals surface area contributed by atoms with Crippen molar-refractivity contribution in [1.29, 1.82) is 0 Å². The molecular formula is C21H20N6O3. The molecule has 0 saturated heterocycles. The fourth-order valence-electron chi connectivity index (χ4n) is 3.17. The van der Waals surface area contributed by atoms with E-state index in [9.17, 15) is 14.7 Å². The summed E-state index contributed by atoms with van der Waals surface area (Å²) in [5.74, 6) is 0.493. The highest BCUT2D eigenvalue weighted by molar-refractivity contribution is 5.80. The largest absolute Gasteiger partial charge is 0.508 e. The molecule has 2 heterocycles. The third kappa shape index (κ3) is 3.48. The molecule has 152 valence electrons. The zero-order valence-corrected chi connectivity index (χ0v) is 16.5. The number of hydrogen-bond acceptors (Lipinski definition) is 6. The molecule has 9 heteroatoms. The van der Waals surface area contributed by atoms with E-state index in [4.69, 9.17) is 0 Å². The Morgan fingerprint density at radius 3 is 2.43 bits per heavy atom. The Bertz CT molecular complexity index is 1350. The number of nitrogens with one attached hydrogen (secondary N) is 1. The lowest BCUT2D eigenvalue weighted by Crippen LogP contribution is -2.39. The van der Waals surface area contributed by atoms with E-state index in [1.165, 1.54) is 9.13 Å². The molecule has 0 unspecified atom stereocenters. The Morgan fingerprint density at radius 2 is 1.73 bits per heavy atom. The smallest absolute Gasteiger partial charge is 0.332 e. The van der Waals surface area contributed by atoms with Crippen LogP contribution >= 0.6 is 0 Å². The molecule has 0 aliphatic heterocycles. The summed E-state index contributed by atoms with van der Waals surface area (Å²) < 4.78 is 4.13. The summed E-state index contributed by atoms with van der Waals surface area (Å²) in [6, 6.07) is 15.9. The summed E-state index contributed by atoms with van der Waals surface area (Å²) in [6.07, 6.45) is 1.56. The standard InChI is InChI=1S/C21H20N6O3/c1-25-17-18(23-20(25)24-22-12-14-8-10-16(28)11-9-14)26(2)21(30)27(19(17)29)13-15-6-4-3-5-7-15/h3-12,28H,13H2,1-2H3,(H,23,24)/b22-12+. The number of rotatable bonds is 5. The van der Waals surface area contributed by atoms with Gasteiger partial charge in [-0.05, 0) is 35.4 Å². The maximum atomic E-state index is 13.1. The molecule has 2 N–H and O–H groups in total. The molecule has 30 heavy (non-hydrogen) atoms. The van der Waals surface area contributed by atoms with E-state index < -0.39 is 11.2 Å². The first-order valence-electron chi connectivity index (χ1n) is 9.24. The maximum absolute atomic E-state index is 13.1. The fraction of sp³-hybridized carbons (Fsp3) is 0.143. The van der Waals surface area contributed by atoms with Crippen molar-refractivity contribution >= 4 is 23.3 Å². The lowest BCUT2D eigenvalue weighted by molar-refractivity contribution is 0.475. The lowest BCUT2D eigenvalue weighted by atomic mass is 10.2. The monoisotopic (exact) mass is 404 g/mol. The fourth-order valence-corrected chi connectivity index (χ4v) is 3.17. The quantitative estimate of drug-likeness (QED) is 0.388. The van der Waals surface area contributed by atoms with Crippen LogP contribution in [0.3, 0.4) is 0 Å². The van der Waals surface area contributed by atoms with Crippen LogP contribution in [0, 0.1) is 0 Å². The summed E-state index contributed by atoms with van der Waals surface area (Å²) in [6.45, 7) is 0.176. The van der Waals surface area contributed by atoms with Gasteiger partial charge in [0.15, 0.2) is 11.2 Å². The molecule has 4 aromatic rings. The minimum Gasteiger partial charge on any atom is -0.508 e. The first-order chi connectivity index (χ1) is 14.5. The molecule has 9 nitrogen and oxygen atoms in total. The number of imidazole rings is 1. The first kappa shape index (κ1) is 19.2. The molecule has 0 aliphatic carbocycles. The Hall–Kier alpha value is -4.14. The number of phenols is 1. The van der Waals surface area contributed by atoms with E-state index in [0.29, 0.717) is 11.5 Å². The average molecular weight is 404 g/mol. The van der Waals surface area contributed by atoms with Crippen LogP contribution in [0.25, 0.3) is 11.2 Å². The first-order valence-corrected chi connectivity index (χ1v) is 9.24. The Labute approximate surface area is 171 Å². The minimum absolute atomic E-state index is 0.170. The van der Waals surface area contributed by atoms with Gasteiger partial charge < -0.3 is 9.67 Å². The minimum atomic E-state index is -0.436. The van der Waals surface area contributed by atoms with Gasteiger partial charge >= 0.3 is 5.69 Å². The van der Waals surface area contributed by atoms with Crippen molar-refractivity contribution in [2.75, 3.05) is 5.43 Å². The van der Waals surface area contributed by atoms with E-state index in [1.54, 1.807) is 49.1 Å². The van der Waals surface area contributed by atoms with Crippen LogP contribution in [0.1, 0.15) is 11.1 Å². The number of hydrazone groups is 1. The van der Waals surface area contributed by atoms with E-state index in [0.717, 1.165) is 11.1 Å². The molecule has 0 aliphatic rings. The second-order valence-electron chi connectivity index (χ2n) is 6.85. The number of hydrogen-bond donors (Lipinski definition) is 2. The van der Waals surface area contributed by atoms with Crippen molar-refractivity contribution in [1.82, 2.24) is 18.7 Å². The van der Waals surface area contributed by atoms with Gasteiger partial charge in [0.1, 0.15) is 5.75 Å². The van der Waals surface area contributed by atoms with Crippen LogP contribution in [-0.2, 0) is 20.6 Å². The van der Waals surface area contributed by atoms with Crippen LogP contribution in [-0.4, -0.2) is 30.0 Å². The summed E-state index contributed by atoms with van der Waals surface area (Å²) in [7, 11) is 3.27. The normalized spacial score (nSPS) is 11.4. The van der Waals surface area contributed by atoms with Gasteiger partial charge in [0, 0.05) is 14.1 Å². The number of aryl methyl sites for hydroxylation is 2. The number of aromatic hydroxyl groups is 1. The molecule has 4 rings (SSSR count). The highest BCUT2D eigenvalue weighted by Gasteiger charge is 2.18. The van der Waals surface area contributed by atoms with Gasteiger partial charge in [-0.3, -0.25) is 13.9 Å². The van der Waals surface area contributed by atoms with Gasteiger partial charge in [-0.1, -0.05) is 30.3 Å². The van der Waals surface area contributed by atoms with Crippen LogP contribution in [0.5, 0.6) is 5.75 Å². The van der Waals surface area contributed by atoms with Gasteiger partial charge in [-0.25, -0.2) is 10.2 Å². The van der Waals surface area contributed by atoms with Crippen LogP contribution in [0.2, 0.25) is 0 Å². The van der Waals surface area contributed by atoms with Crippen molar-refractivity contribution in [3.05, 3.63) is 86.6 Å². The molecular weight excluding hydrogens is 384 g/mol. The van der Waals surface area contributed by atoms with Gasteiger partial charge in [-0.2, -0.15) is 10.1 Å². The van der Waals surface area contributed by atoms with Crippen LogP contribution in [0.4, 0.5) is 5.95 Å². The number of benzene rings is 2. The van der Waals surface area contributed by atoms with Crippen molar-refractivity contribution in [3.8, 4) is 5.75 Å². The van der Waals surface area contributed by atoms with E-state index in [-0.39, 0.29) is 17.9 Å². The number of phenolic OH excluding ortho intramolecular Hbond substituents is 1. The summed E-state index contributed by atoms with van der Waals surface area (Å²) in [5, 5.41) is 13.5. The van der Waals surface area contributed by atoms with E-state index in [2.05, 4.69) is 15.5 Å². The highest BCUT2D eigenvalue weighted by Crippen LogP contribution is 2.14. The zero-order valence-electron chi connectivity index (χ0n) is 16.5. The van der Waals surface area contributed by atoms with Crippen LogP contribution < -0.4 is 16.7 Å². The molecule has 2 aromatic carbocycles. The Kier molecular flexibility index (Phi) is 4.93. The van der Waals surface area contributed by atoms with Crippen molar-refractivity contribution in [3.63, 3.8) is 0 Å². The summed E-state index contributed by atoms with van der Waals surface area (Å²) in [5.41, 5.74) is 4.16. The average Bonchev–Trinajstić information content (AvgIpc) is 3.08. The number of nitrogens with zero attached hydrogens (tertiary/aromatic N) is 5. The molecule has 2 aromatic heterocycles. The molecule has 0 fully saturated rings. The summed E-state index contributed by atoms with van der Waals surface area (Å²) >= 11 is 0. The highest BCUT2D eigenvalue weighted by atomic mass is 16.3. The Balaban J connectivity index is 1.72. The van der Waals surface area contributed by atoms with Crippen molar-refractivity contribution < 1.29 is 5.11 Å². The third-order valence-electron chi connectivity index (χ3n) is 4.81. The molecule has 0 saturated carbocycles. The van der Waals surface area contributed by atoms with Gasteiger partial charge in [0.2, 0.25) is 5.95 Å². The molecule has 0 bridgehead atoms. The second-order valence-corrected chi connectivity index (χ2v) is 6.85. The number of anilines is 1. The number of aromatic nitrogens is 4. The predicted molar refractivity (Wildman–Crippen MR) is 115 cm³/mol. The molecule has 0 spiro atoms. The van der Waals surface area contributed by atoms with Gasteiger partial charge in [0.25, 0.3) is 5.56 Å². The predicted octanol–water partition coefficient (Wildman–Crippen LogP) is 1.63. The topological polar surface area (TPSA) is 106 Å². The molecule has 0 amide bonds. The van der Waals surface area contributed by atoms with E-state index in [1.807, 2.05) is 30.3 Å². The zero-order chi connectivity index (χ0) is 21.3.